The summed E-state index contributed by atoms with van der Waals surface area (Å²) in [7, 11) is 0. The molecule has 3 rings (SSSR count). The van der Waals surface area contributed by atoms with Crippen LogP contribution in [0, 0.1) is 17.0 Å². The van der Waals surface area contributed by atoms with E-state index in [9.17, 15) is 19.7 Å². The van der Waals surface area contributed by atoms with Crippen molar-refractivity contribution in [1.82, 2.24) is 14.7 Å². The van der Waals surface area contributed by atoms with Gasteiger partial charge in [0.15, 0.2) is 0 Å². The van der Waals surface area contributed by atoms with Gasteiger partial charge < -0.3 is 15.0 Å². The highest BCUT2D eigenvalue weighted by atomic mass is 16.6. The topological polar surface area (TPSA) is 108 Å². The molecule has 2 heterocycles. The molecular formula is C19H27N5O5. The Morgan fingerprint density at radius 1 is 1.07 bits per heavy atom. The van der Waals surface area contributed by atoms with E-state index in [1.807, 2.05) is 9.80 Å². The van der Waals surface area contributed by atoms with E-state index in [4.69, 9.17) is 4.74 Å². The molecule has 10 nitrogen and oxygen atoms in total. The number of anilines is 1. The first-order valence-corrected chi connectivity index (χ1v) is 9.77. The number of carbonyl (C=O) groups excluding carboxylic acids is 2. The highest BCUT2D eigenvalue weighted by Crippen LogP contribution is 2.21. The van der Waals surface area contributed by atoms with Gasteiger partial charge in [-0.3, -0.25) is 29.5 Å². The molecule has 0 radical (unpaired) electrons. The number of aryl methyl sites for hydroxylation is 1. The van der Waals surface area contributed by atoms with Crippen LogP contribution in [0.25, 0.3) is 0 Å². The Hall–Kier alpha value is -2.56. The van der Waals surface area contributed by atoms with Crippen LogP contribution >= 0.6 is 0 Å². The third-order valence-electron chi connectivity index (χ3n) is 5.25. The van der Waals surface area contributed by atoms with Crippen LogP contribution in [0.5, 0.6) is 0 Å². The van der Waals surface area contributed by atoms with Gasteiger partial charge in [-0.1, -0.05) is 0 Å². The van der Waals surface area contributed by atoms with Crippen molar-refractivity contribution < 1.29 is 19.2 Å². The molecule has 0 atom stereocenters. The fraction of sp³-hybridized carbons (Fsp3) is 0.579. The maximum atomic E-state index is 12.4. The van der Waals surface area contributed by atoms with E-state index in [0.717, 1.165) is 13.1 Å². The number of morpholine rings is 1. The Kier molecular flexibility index (Phi) is 7.13. The molecule has 0 spiro atoms. The standard InChI is InChI=1S/C19H27N5O5/c1-15-12-16(24(27)28)2-3-17(15)20-18(25)13-21-4-6-23(7-5-21)19(26)14-22-8-10-29-11-9-22/h2-3,12H,4-11,13-14H2,1H3,(H,20,25). The van der Waals surface area contributed by atoms with E-state index >= 15 is 0 Å². The van der Waals surface area contributed by atoms with E-state index in [1.165, 1.54) is 12.1 Å². The Morgan fingerprint density at radius 2 is 1.72 bits per heavy atom. The van der Waals surface area contributed by atoms with Crippen LogP contribution in [0.1, 0.15) is 5.56 Å². The molecule has 10 heteroatoms. The summed E-state index contributed by atoms with van der Waals surface area (Å²) in [6, 6.07) is 4.36. The lowest BCUT2D eigenvalue weighted by Crippen LogP contribution is -2.53. The molecular weight excluding hydrogens is 378 g/mol. The number of nitrogens with zero attached hydrogens (tertiary/aromatic N) is 4. The van der Waals surface area contributed by atoms with Crippen LogP contribution < -0.4 is 5.32 Å². The van der Waals surface area contributed by atoms with Crippen LogP contribution in [-0.2, 0) is 14.3 Å². The molecule has 2 saturated heterocycles. The summed E-state index contributed by atoms with van der Waals surface area (Å²) in [5, 5.41) is 13.6. The number of hydrogen-bond donors (Lipinski definition) is 1. The van der Waals surface area contributed by atoms with Crippen molar-refractivity contribution >= 4 is 23.2 Å². The number of nitro groups is 1. The van der Waals surface area contributed by atoms with Crippen LogP contribution in [0.2, 0.25) is 0 Å². The maximum Gasteiger partial charge on any atom is 0.269 e. The van der Waals surface area contributed by atoms with Crippen molar-refractivity contribution in [1.29, 1.82) is 0 Å². The summed E-state index contributed by atoms with van der Waals surface area (Å²) < 4.78 is 5.30. The predicted molar refractivity (Wildman–Crippen MR) is 107 cm³/mol. The summed E-state index contributed by atoms with van der Waals surface area (Å²) in [6.45, 7) is 7.77. The van der Waals surface area contributed by atoms with Crippen molar-refractivity contribution in [2.75, 3.05) is 70.9 Å². The van der Waals surface area contributed by atoms with Crippen LogP contribution in [0.3, 0.4) is 0 Å². The minimum Gasteiger partial charge on any atom is -0.379 e. The summed E-state index contributed by atoms with van der Waals surface area (Å²) in [6.07, 6.45) is 0. The zero-order chi connectivity index (χ0) is 20.8. The monoisotopic (exact) mass is 405 g/mol. The molecule has 2 aliphatic heterocycles. The maximum absolute atomic E-state index is 12.4. The minimum atomic E-state index is -0.460. The van der Waals surface area contributed by atoms with Gasteiger partial charge in [0.2, 0.25) is 11.8 Å². The number of ether oxygens (including phenoxy) is 1. The molecule has 1 aromatic rings. The molecule has 0 unspecified atom stereocenters. The zero-order valence-electron chi connectivity index (χ0n) is 16.6. The Morgan fingerprint density at radius 3 is 2.34 bits per heavy atom. The summed E-state index contributed by atoms with van der Waals surface area (Å²) in [5.41, 5.74) is 1.21. The molecule has 0 aliphatic carbocycles. The first kappa shape index (κ1) is 21.2. The summed E-state index contributed by atoms with van der Waals surface area (Å²) in [5.74, 6) is -0.0486. The van der Waals surface area contributed by atoms with Crippen molar-refractivity contribution in [2.45, 2.75) is 6.92 Å². The van der Waals surface area contributed by atoms with Crippen LogP contribution in [0.4, 0.5) is 11.4 Å². The predicted octanol–water partition coefficient (Wildman–Crippen LogP) is 0.318. The Bertz CT molecular complexity index is 757. The molecule has 29 heavy (non-hydrogen) atoms. The van der Waals surface area contributed by atoms with Crippen LogP contribution in [0.15, 0.2) is 18.2 Å². The van der Waals surface area contributed by atoms with Crippen molar-refractivity contribution in [3.63, 3.8) is 0 Å². The molecule has 1 N–H and O–H groups in total. The molecule has 0 aromatic heterocycles. The Balaban J connectivity index is 1.42. The number of amides is 2. The third kappa shape index (κ3) is 5.96. The third-order valence-corrected chi connectivity index (χ3v) is 5.25. The van der Waals surface area contributed by atoms with Gasteiger partial charge in [0.25, 0.3) is 5.69 Å². The number of rotatable bonds is 6. The second kappa shape index (κ2) is 9.77. The average molecular weight is 405 g/mol. The number of benzene rings is 1. The Labute approximate surface area is 169 Å². The number of nitro benzene ring substituents is 1. The van der Waals surface area contributed by atoms with E-state index < -0.39 is 4.92 Å². The smallest absolute Gasteiger partial charge is 0.269 e. The van der Waals surface area contributed by atoms with Gasteiger partial charge in [0.1, 0.15) is 0 Å². The number of non-ortho nitro benzene ring substituents is 1. The molecule has 0 saturated carbocycles. The molecule has 2 fully saturated rings. The second-order valence-corrected chi connectivity index (χ2v) is 7.35. The van der Waals surface area contributed by atoms with Crippen molar-refractivity contribution in [3.05, 3.63) is 33.9 Å². The normalized spacial score (nSPS) is 18.4. The van der Waals surface area contributed by atoms with E-state index in [2.05, 4.69) is 10.2 Å². The van der Waals surface area contributed by atoms with E-state index in [1.54, 1.807) is 13.0 Å². The summed E-state index contributed by atoms with van der Waals surface area (Å²) >= 11 is 0. The zero-order valence-corrected chi connectivity index (χ0v) is 16.6. The lowest BCUT2D eigenvalue weighted by atomic mass is 10.2. The van der Waals surface area contributed by atoms with E-state index in [0.29, 0.717) is 57.2 Å². The van der Waals surface area contributed by atoms with Crippen molar-refractivity contribution in [3.8, 4) is 0 Å². The van der Waals surface area contributed by atoms with Gasteiger partial charge in [-0.2, -0.15) is 0 Å². The second-order valence-electron chi connectivity index (χ2n) is 7.35. The molecule has 158 valence electrons. The van der Waals surface area contributed by atoms with E-state index in [-0.39, 0.29) is 24.0 Å². The molecule has 1 aromatic carbocycles. The fourth-order valence-electron chi connectivity index (χ4n) is 3.50. The summed E-state index contributed by atoms with van der Waals surface area (Å²) in [4.78, 5) is 41.1. The SMILES string of the molecule is Cc1cc([N+](=O)[O-])ccc1NC(=O)CN1CCN(C(=O)CN2CCOCC2)CC1. The molecule has 2 aliphatic rings. The van der Waals surface area contributed by atoms with Gasteiger partial charge in [-0.25, -0.2) is 0 Å². The first-order chi connectivity index (χ1) is 13.9. The minimum absolute atomic E-state index is 0.00151. The average Bonchev–Trinajstić information content (AvgIpc) is 2.70. The lowest BCUT2D eigenvalue weighted by molar-refractivity contribution is -0.384. The quantitative estimate of drug-likeness (QED) is 0.536. The number of hydrogen-bond acceptors (Lipinski definition) is 7. The largest absolute Gasteiger partial charge is 0.379 e. The first-order valence-electron chi connectivity index (χ1n) is 9.77. The fourth-order valence-corrected chi connectivity index (χ4v) is 3.50. The number of nitrogens with one attached hydrogen (secondary N) is 1. The van der Waals surface area contributed by atoms with Crippen LogP contribution in [-0.4, -0.2) is 97.0 Å². The van der Waals surface area contributed by atoms with Gasteiger partial charge in [0.05, 0.1) is 31.2 Å². The number of carbonyl (C=O) groups is 2. The molecule has 0 bridgehead atoms. The molecule has 2 amide bonds. The lowest BCUT2D eigenvalue weighted by Gasteiger charge is -2.36. The highest BCUT2D eigenvalue weighted by Gasteiger charge is 2.24. The van der Waals surface area contributed by atoms with Gasteiger partial charge in [-0.15, -0.1) is 0 Å². The van der Waals surface area contributed by atoms with Gasteiger partial charge in [0, 0.05) is 57.1 Å². The highest BCUT2D eigenvalue weighted by molar-refractivity contribution is 5.93. The van der Waals surface area contributed by atoms with Gasteiger partial charge >= 0.3 is 0 Å². The number of piperazine rings is 1. The van der Waals surface area contributed by atoms with Crippen molar-refractivity contribution in [2.24, 2.45) is 0 Å². The van der Waals surface area contributed by atoms with Gasteiger partial charge in [-0.05, 0) is 18.6 Å².